The largest absolute Gasteiger partial charge is 0.243 e. The topological polar surface area (TPSA) is 38.9 Å². The molecule has 3 rings (SSSR count). The minimum Gasteiger partial charge on any atom is -0.243 e. The molecule has 0 bridgehead atoms. The second-order valence-corrected chi connectivity index (χ2v) is 3.42. The quantitative estimate of drug-likeness (QED) is 0.625. The van der Waals surface area contributed by atoms with E-state index in [0.29, 0.717) is 22.2 Å². The average molecular weight is 214 g/mol. The maximum absolute atomic E-state index is 13.6. The molecule has 0 aliphatic heterocycles. The Morgan fingerprint density at radius 1 is 0.875 bits per heavy atom. The van der Waals surface area contributed by atoms with Crippen molar-refractivity contribution in [3.05, 3.63) is 48.3 Å². The van der Waals surface area contributed by atoms with Crippen LogP contribution in [0.5, 0.6) is 0 Å². The molecule has 1 heterocycles. The number of benzene rings is 2. The van der Waals surface area contributed by atoms with Crippen molar-refractivity contribution in [3.63, 3.8) is 0 Å². The Kier molecular flexibility index (Phi) is 1.93. The van der Waals surface area contributed by atoms with Crippen LogP contribution in [0.4, 0.5) is 4.39 Å². The van der Waals surface area contributed by atoms with Crippen molar-refractivity contribution in [2.24, 2.45) is 0 Å². The Morgan fingerprint density at radius 2 is 1.69 bits per heavy atom. The summed E-state index contributed by atoms with van der Waals surface area (Å²) in [5.74, 6) is -0.280. The van der Waals surface area contributed by atoms with Gasteiger partial charge < -0.3 is 0 Å². The lowest BCUT2D eigenvalue weighted by Crippen LogP contribution is -1.85. The van der Waals surface area contributed by atoms with Crippen molar-refractivity contribution in [3.8, 4) is 11.1 Å². The number of hydrogen-bond acceptors (Lipinski definition) is 3. The van der Waals surface area contributed by atoms with Crippen LogP contribution < -0.4 is 0 Å². The van der Waals surface area contributed by atoms with Crippen LogP contribution >= 0.6 is 0 Å². The minimum atomic E-state index is -0.280. The lowest BCUT2D eigenvalue weighted by molar-refractivity contribution is 0.315. The fraction of sp³-hybridized carbons (Fsp3) is 0. The Labute approximate surface area is 90.5 Å². The molecular formula is C12H7FN2O. The summed E-state index contributed by atoms with van der Waals surface area (Å²) in [6, 6.07) is 11.9. The Balaban J connectivity index is 2.34. The van der Waals surface area contributed by atoms with E-state index >= 15 is 0 Å². The van der Waals surface area contributed by atoms with Gasteiger partial charge in [0, 0.05) is 11.1 Å². The van der Waals surface area contributed by atoms with Gasteiger partial charge in [0.05, 0.1) is 0 Å². The first-order valence-corrected chi connectivity index (χ1v) is 4.82. The van der Waals surface area contributed by atoms with Crippen LogP contribution in [0, 0.1) is 5.82 Å². The van der Waals surface area contributed by atoms with Crippen LogP contribution in [0.15, 0.2) is 47.1 Å². The summed E-state index contributed by atoms with van der Waals surface area (Å²) >= 11 is 0. The van der Waals surface area contributed by atoms with E-state index in [9.17, 15) is 4.39 Å². The Hall–Kier alpha value is -2.23. The number of aromatic nitrogens is 2. The highest BCUT2D eigenvalue weighted by Crippen LogP contribution is 2.28. The molecule has 1 aromatic heterocycles. The van der Waals surface area contributed by atoms with Crippen LogP contribution in [0.25, 0.3) is 22.2 Å². The average Bonchev–Trinajstić information content (AvgIpc) is 2.77. The first-order valence-electron chi connectivity index (χ1n) is 4.82. The Bertz CT molecular complexity index is 648. The normalized spacial score (nSPS) is 10.8. The molecule has 0 atom stereocenters. The van der Waals surface area contributed by atoms with Gasteiger partial charge in [-0.15, -0.1) is 0 Å². The van der Waals surface area contributed by atoms with Gasteiger partial charge in [-0.25, -0.2) is 9.02 Å². The standard InChI is InChI=1S/C12H7FN2O/c13-10-6-2-1-4-8(10)9-5-3-7-11-12(9)15-16-14-11/h1-7H. The van der Waals surface area contributed by atoms with E-state index in [0.717, 1.165) is 0 Å². The van der Waals surface area contributed by atoms with E-state index in [-0.39, 0.29) is 5.82 Å². The van der Waals surface area contributed by atoms with Gasteiger partial charge in [0.2, 0.25) is 0 Å². The fourth-order valence-electron chi connectivity index (χ4n) is 1.70. The zero-order valence-corrected chi connectivity index (χ0v) is 8.22. The Morgan fingerprint density at radius 3 is 2.56 bits per heavy atom. The van der Waals surface area contributed by atoms with Crippen LogP contribution in [0.1, 0.15) is 0 Å². The van der Waals surface area contributed by atoms with E-state index in [1.807, 2.05) is 0 Å². The van der Waals surface area contributed by atoms with E-state index < -0.39 is 0 Å². The minimum absolute atomic E-state index is 0.280. The van der Waals surface area contributed by atoms with Crippen LogP contribution in [0.3, 0.4) is 0 Å². The molecule has 0 radical (unpaired) electrons. The van der Waals surface area contributed by atoms with Gasteiger partial charge in [-0.3, -0.25) is 0 Å². The van der Waals surface area contributed by atoms with Gasteiger partial charge in [0.25, 0.3) is 0 Å². The molecule has 0 fully saturated rings. The van der Waals surface area contributed by atoms with Gasteiger partial charge in [-0.05, 0) is 22.4 Å². The van der Waals surface area contributed by atoms with Crippen molar-refractivity contribution in [1.29, 1.82) is 0 Å². The van der Waals surface area contributed by atoms with Crippen LogP contribution in [-0.2, 0) is 0 Å². The van der Waals surface area contributed by atoms with Crippen molar-refractivity contribution in [2.45, 2.75) is 0 Å². The summed E-state index contributed by atoms with van der Waals surface area (Å²) < 4.78 is 18.3. The third-order valence-electron chi connectivity index (χ3n) is 2.45. The molecule has 0 saturated carbocycles. The van der Waals surface area contributed by atoms with E-state index in [2.05, 4.69) is 14.9 Å². The molecule has 0 spiro atoms. The van der Waals surface area contributed by atoms with E-state index in [1.54, 1.807) is 36.4 Å². The summed E-state index contributed by atoms with van der Waals surface area (Å²) in [6.45, 7) is 0. The highest BCUT2D eigenvalue weighted by molar-refractivity contribution is 5.90. The first kappa shape index (κ1) is 9.03. The number of nitrogens with zero attached hydrogens (tertiary/aromatic N) is 2. The molecule has 2 aromatic carbocycles. The van der Waals surface area contributed by atoms with E-state index in [1.165, 1.54) is 6.07 Å². The zero-order valence-electron chi connectivity index (χ0n) is 8.22. The third-order valence-corrected chi connectivity index (χ3v) is 2.45. The smallest absolute Gasteiger partial charge is 0.143 e. The number of rotatable bonds is 1. The number of halogens is 1. The second kappa shape index (κ2) is 3.41. The molecule has 0 N–H and O–H groups in total. The van der Waals surface area contributed by atoms with E-state index in [4.69, 9.17) is 0 Å². The van der Waals surface area contributed by atoms with Crippen molar-refractivity contribution in [1.82, 2.24) is 10.3 Å². The van der Waals surface area contributed by atoms with Gasteiger partial charge in [0.15, 0.2) is 0 Å². The molecule has 3 aromatic rings. The van der Waals surface area contributed by atoms with Gasteiger partial charge >= 0.3 is 0 Å². The molecule has 78 valence electrons. The van der Waals surface area contributed by atoms with Gasteiger partial charge in [-0.1, -0.05) is 30.3 Å². The molecule has 0 saturated heterocycles. The predicted octanol–water partition coefficient (Wildman–Crippen LogP) is 3.03. The molecular weight excluding hydrogens is 207 g/mol. The molecule has 0 aliphatic carbocycles. The predicted molar refractivity (Wildman–Crippen MR) is 57.2 cm³/mol. The van der Waals surface area contributed by atoms with Gasteiger partial charge in [-0.2, -0.15) is 0 Å². The zero-order chi connectivity index (χ0) is 11.0. The number of fused-ring (bicyclic) bond motifs is 1. The summed E-state index contributed by atoms with van der Waals surface area (Å²) in [5.41, 5.74) is 2.40. The number of hydrogen-bond donors (Lipinski definition) is 0. The summed E-state index contributed by atoms with van der Waals surface area (Å²) in [6.07, 6.45) is 0. The first-order chi connectivity index (χ1) is 7.86. The molecule has 0 amide bonds. The third kappa shape index (κ3) is 1.27. The maximum Gasteiger partial charge on any atom is 0.143 e. The summed E-state index contributed by atoms with van der Waals surface area (Å²) in [4.78, 5) is 0. The second-order valence-electron chi connectivity index (χ2n) is 3.42. The van der Waals surface area contributed by atoms with Gasteiger partial charge in [0.1, 0.15) is 16.9 Å². The van der Waals surface area contributed by atoms with Crippen molar-refractivity contribution >= 4 is 11.0 Å². The summed E-state index contributed by atoms with van der Waals surface area (Å²) in [7, 11) is 0. The molecule has 4 heteroatoms. The van der Waals surface area contributed by atoms with Crippen molar-refractivity contribution < 1.29 is 9.02 Å². The highest BCUT2D eigenvalue weighted by atomic mass is 19.1. The maximum atomic E-state index is 13.6. The molecule has 16 heavy (non-hydrogen) atoms. The molecule has 0 unspecified atom stereocenters. The molecule has 0 aliphatic rings. The van der Waals surface area contributed by atoms with Crippen LogP contribution in [-0.4, -0.2) is 10.3 Å². The van der Waals surface area contributed by atoms with Crippen LogP contribution in [0.2, 0.25) is 0 Å². The fourth-order valence-corrected chi connectivity index (χ4v) is 1.70. The summed E-state index contributed by atoms with van der Waals surface area (Å²) in [5, 5.41) is 7.51. The monoisotopic (exact) mass is 214 g/mol. The highest BCUT2D eigenvalue weighted by Gasteiger charge is 2.11. The lowest BCUT2D eigenvalue weighted by Gasteiger charge is -2.02. The SMILES string of the molecule is Fc1ccccc1-c1cccc2nonc12. The van der Waals surface area contributed by atoms with Crippen molar-refractivity contribution in [2.75, 3.05) is 0 Å². The molecule has 3 nitrogen and oxygen atoms in total. The lowest BCUT2D eigenvalue weighted by atomic mass is 10.0.